The van der Waals surface area contributed by atoms with Crippen LogP contribution in [0.2, 0.25) is 0 Å². The fraction of sp³-hybridized carbons (Fsp3) is 0.200. The van der Waals surface area contributed by atoms with Crippen LogP contribution >= 0.6 is 0 Å². The standard InChI is InChI=1S/C15H15N5O2/c21-13(22)6-7-16-14-12-8-19-20(15(12)18-10-17-14)9-11-4-2-1-3-5-11/h1-5,8,10H,6-7,9H2,(H,21,22)(H,16,17,18). The Balaban J connectivity index is 1.83. The van der Waals surface area contributed by atoms with Crippen LogP contribution in [0.5, 0.6) is 0 Å². The van der Waals surface area contributed by atoms with Gasteiger partial charge in [0, 0.05) is 6.54 Å². The molecule has 0 atom stereocenters. The maximum absolute atomic E-state index is 10.6. The number of carboxylic acid groups (broad SMARTS) is 1. The van der Waals surface area contributed by atoms with Gasteiger partial charge in [-0.25, -0.2) is 14.6 Å². The first-order chi connectivity index (χ1) is 10.7. The first kappa shape index (κ1) is 14.0. The normalized spacial score (nSPS) is 10.7. The lowest BCUT2D eigenvalue weighted by Crippen LogP contribution is -2.09. The van der Waals surface area contributed by atoms with Crippen LogP contribution < -0.4 is 5.32 Å². The van der Waals surface area contributed by atoms with Gasteiger partial charge in [-0.05, 0) is 5.56 Å². The van der Waals surface area contributed by atoms with Crippen molar-refractivity contribution < 1.29 is 9.90 Å². The summed E-state index contributed by atoms with van der Waals surface area (Å²) in [5.74, 6) is -0.247. The highest BCUT2D eigenvalue weighted by molar-refractivity contribution is 5.86. The van der Waals surface area contributed by atoms with Crippen LogP contribution in [0.3, 0.4) is 0 Å². The van der Waals surface area contributed by atoms with E-state index in [9.17, 15) is 4.79 Å². The number of hydrogen-bond donors (Lipinski definition) is 2. The number of anilines is 1. The van der Waals surface area contributed by atoms with Gasteiger partial charge in [0.2, 0.25) is 0 Å². The predicted molar refractivity (Wildman–Crippen MR) is 81.6 cm³/mol. The van der Waals surface area contributed by atoms with Crippen molar-refractivity contribution in [2.75, 3.05) is 11.9 Å². The topological polar surface area (TPSA) is 92.9 Å². The minimum absolute atomic E-state index is 0.0314. The summed E-state index contributed by atoms with van der Waals surface area (Å²) in [6.45, 7) is 0.932. The fourth-order valence-corrected chi connectivity index (χ4v) is 2.19. The van der Waals surface area contributed by atoms with E-state index in [0.717, 1.165) is 16.6 Å². The molecular formula is C15H15N5O2. The molecular weight excluding hydrogens is 282 g/mol. The van der Waals surface area contributed by atoms with Crippen LogP contribution in [-0.2, 0) is 11.3 Å². The van der Waals surface area contributed by atoms with E-state index in [4.69, 9.17) is 5.11 Å². The molecule has 0 saturated heterocycles. The van der Waals surface area contributed by atoms with Crippen molar-refractivity contribution in [1.29, 1.82) is 0 Å². The highest BCUT2D eigenvalue weighted by Crippen LogP contribution is 2.19. The Bertz CT molecular complexity index is 785. The van der Waals surface area contributed by atoms with E-state index in [1.54, 1.807) is 10.9 Å². The average Bonchev–Trinajstić information content (AvgIpc) is 2.92. The molecule has 0 aliphatic carbocycles. The van der Waals surface area contributed by atoms with Gasteiger partial charge in [-0.15, -0.1) is 0 Å². The van der Waals surface area contributed by atoms with Gasteiger partial charge in [0.1, 0.15) is 12.1 Å². The zero-order valence-electron chi connectivity index (χ0n) is 11.8. The quantitative estimate of drug-likeness (QED) is 0.720. The van der Waals surface area contributed by atoms with Crippen molar-refractivity contribution >= 4 is 22.8 Å². The largest absolute Gasteiger partial charge is 0.481 e. The molecule has 0 unspecified atom stereocenters. The lowest BCUT2D eigenvalue weighted by Gasteiger charge is -2.06. The molecule has 2 aromatic heterocycles. The number of hydrogen-bond acceptors (Lipinski definition) is 5. The van der Waals surface area contributed by atoms with Crippen molar-refractivity contribution in [2.45, 2.75) is 13.0 Å². The van der Waals surface area contributed by atoms with Crippen LogP contribution in [0.4, 0.5) is 5.82 Å². The van der Waals surface area contributed by atoms with E-state index >= 15 is 0 Å². The first-order valence-electron chi connectivity index (χ1n) is 6.90. The summed E-state index contributed by atoms with van der Waals surface area (Å²) < 4.78 is 1.80. The van der Waals surface area contributed by atoms with E-state index < -0.39 is 5.97 Å². The summed E-state index contributed by atoms with van der Waals surface area (Å²) in [6.07, 6.45) is 3.18. The van der Waals surface area contributed by atoms with E-state index in [2.05, 4.69) is 20.4 Å². The molecule has 0 aliphatic heterocycles. The molecule has 0 fully saturated rings. The molecule has 0 saturated carbocycles. The van der Waals surface area contributed by atoms with Crippen molar-refractivity contribution in [1.82, 2.24) is 19.7 Å². The molecule has 0 bridgehead atoms. The molecule has 22 heavy (non-hydrogen) atoms. The van der Waals surface area contributed by atoms with Crippen LogP contribution in [0.15, 0.2) is 42.9 Å². The maximum Gasteiger partial charge on any atom is 0.305 e. The number of aromatic nitrogens is 4. The van der Waals surface area contributed by atoms with E-state index in [1.165, 1.54) is 6.33 Å². The minimum Gasteiger partial charge on any atom is -0.481 e. The van der Waals surface area contributed by atoms with Gasteiger partial charge in [0.15, 0.2) is 5.65 Å². The van der Waals surface area contributed by atoms with Gasteiger partial charge >= 0.3 is 5.97 Å². The third-order valence-corrected chi connectivity index (χ3v) is 3.24. The number of carbonyl (C=O) groups is 1. The Morgan fingerprint density at radius 2 is 2.05 bits per heavy atom. The Hall–Kier alpha value is -2.96. The second-order valence-corrected chi connectivity index (χ2v) is 4.82. The Labute approximate surface area is 126 Å². The number of fused-ring (bicyclic) bond motifs is 1. The van der Waals surface area contributed by atoms with Gasteiger partial charge in [-0.3, -0.25) is 4.79 Å². The number of nitrogens with zero attached hydrogens (tertiary/aromatic N) is 4. The number of carboxylic acids is 1. The van der Waals surface area contributed by atoms with Gasteiger partial charge in [-0.1, -0.05) is 30.3 Å². The number of rotatable bonds is 6. The monoisotopic (exact) mass is 297 g/mol. The second-order valence-electron chi connectivity index (χ2n) is 4.82. The number of benzene rings is 1. The lowest BCUT2D eigenvalue weighted by atomic mass is 10.2. The molecule has 2 heterocycles. The highest BCUT2D eigenvalue weighted by Gasteiger charge is 2.10. The highest BCUT2D eigenvalue weighted by atomic mass is 16.4. The van der Waals surface area contributed by atoms with Crippen LogP contribution in [0.25, 0.3) is 11.0 Å². The third kappa shape index (κ3) is 3.03. The van der Waals surface area contributed by atoms with E-state index in [0.29, 0.717) is 18.9 Å². The van der Waals surface area contributed by atoms with Crippen molar-refractivity contribution in [2.24, 2.45) is 0 Å². The van der Waals surface area contributed by atoms with E-state index in [1.807, 2.05) is 30.3 Å². The SMILES string of the molecule is O=C(O)CCNc1ncnc2c1cnn2Cc1ccccc1. The minimum atomic E-state index is -0.849. The molecule has 1 aromatic carbocycles. The molecule has 0 aliphatic rings. The average molecular weight is 297 g/mol. The smallest absolute Gasteiger partial charge is 0.305 e. The van der Waals surface area contributed by atoms with Crippen molar-refractivity contribution in [3.8, 4) is 0 Å². The number of aliphatic carboxylic acids is 1. The molecule has 7 nitrogen and oxygen atoms in total. The summed E-state index contributed by atoms with van der Waals surface area (Å²) in [7, 11) is 0. The Kier molecular flexibility index (Phi) is 3.95. The summed E-state index contributed by atoms with van der Waals surface area (Å²) in [5, 5.41) is 16.8. The summed E-state index contributed by atoms with van der Waals surface area (Å²) in [4.78, 5) is 19.0. The fourth-order valence-electron chi connectivity index (χ4n) is 2.19. The summed E-state index contributed by atoms with van der Waals surface area (Å²) in [6, 6.07) is 9.99. The molecule has 112 valence electrons. The van der Waals surface area contributed by atoms with Gasteiger partial charge in [0.25, 0.3) is 0 Å². The maximum atomic E-state index is 10.6. The van der Waals surface area contributed by atoms with Crippen LogP contribution in [-0.4, -0.2) is 37.4 Å². The molecule has 0 amide bonds. The lowest BCUT2D eigenvalue weighted by molar-refractivity contribution is -0.136. The van der Waals surface area contributed by atoms with Crippen molar-refractivity contribution in [3.05, 3.63) is 48.4 Å². The van der Waals surface area contributed by atoms with Crippen LogP contribution in [0, 0.1) is 0 Å². The van der Waals surface area contributed by atoms with Gasteiger partial charge < -0.3 is 10.4 Å². The Morgan fingerprint density at radius 3 is 2.82 bits per heavy atom. The molecule has 7 heteroatoms. The summed E-state index contributed by atoms with van der Waals surface area (Å²) in [5.41, 5.74) is 1.85. The predicted octanol–water partition coefficient (Wildman–Crippen LogP) is 1.76. The van der Waals surface area contributed by atoms with Gasteiger partial charge in [0.05, 0.1) is 24.5 Å². The summed E-state index contributed by atoms with van der Waals surface area (Å²) >= 11 is 0. The van der Waals surface area contributed by atoms with Crippen molar-refractivity contribution in [3.63, 3.8) is 0 Å². The number of nitrogens with one attached hydrogen (secondary N) is 1. The molecule has 3 rings (SSSR count). The van der Waals surface area contributed by atoms with Crippen LogP contribution in [0.1, 0.15) is 12.0 Å². The molecule has 0 spiro atoms. The van der Waals surface area contributed by atoms with E-state index in [-0.39, 0.29) is 6.42 Å². The first-order valence-corrected chi connectivity index (χ1v) is 6.90. The second kappa shape index (κ2) is 6.21. The third-order valence-electron chi connectivity index (χ3n) is 3.24. The Morgan fingerprint density at radius 1 is 1.23 bits per heavy atom. The molecule has 3 aromatic rings. The molecule has 2 N–H and O–H groups in total. The molecule has 0 radical (unpaired) electrons. The zero-order chi connectivity index (χ0) is 15.4. The zero-order valence-corrected chi connectivity index (χ0v) is 11.8. The van der Waals surface area contributed by atoms with Gasteiger partial charge in [-0.2, -0.15) is 5.10 Å².